The second kappa shape index (κ2) is 12.2. The second-order valence-electron chi connectivity index (χ2n) is 9.15. The van der Waals surface area contributed by atoms with E-state index in [4.69, 9.17) is 21.1 Å². The quantitative estimate of drug-likeness (QED) is 0.308. The third kappa shape index (κ3) is 6.33. The van der Waals surface area contributed by atoms with Gasteiger partial charge in [0.2, 0.25) is 11.9 Å². The zero-order valence-corrected chi connectivity index (χ0v) is 22.4. The summed E-state index contributed by atoms with van der Waals surface area (Å²) in [6.45, 7) is 1.67. The molecule has 4 rings (SSSR count). The van der Waals surface area contributed by atoms with Crippen LogP contribution in [0, 0.1) is 17.8 Å². The number of anilines is 2. The monoisotopic (exact) mass is 558 g/mol. The Morgan fingerprint density at radius 3 is 2.51 bits per heavy atom. The number of hydrogen-bond acceptors (Lipinski definition) is 8. The Morgan fingerprint density at radius 2 is 1.82 bits per heavy atom. The predicted molar refractivity (Wildman–Crippen MR) is 140 cm³/mol. The number of esters is 1. The molecule has 206 valence electrons. The largest absolute Gasteiger partial charge is 0.469 e. The number of carbonyl (C=O) groups excluding carboxylic acids is 3. The average molecular weight is 559 g/mol. The van der Waals surface area contributed by atoms with Crippen LogP contribution in [0.15, 0.2) is 36.4 Å². The van der Waals surface area contributed by atoms with Gasteiger partial charge < -0.3 is 14.8 Å². The van der Waals surface area contributed by atoms with E-state index in [1.165, 1.54) is 31.0 Å². The van der Waals surface area contributed by atoms with Crippen molar-refractivity contribution >= 4 is 41.1 Å². The first-order valence-corrected chi connectivity index (χ1v) is 12.7. The van der Waals surface area contributed by atoms with Crippen LogP contribution in [0.4, 0.5) is 20.7 Å². The van der Waals surface area contributed by atoms with E-state index < -0.39 is 41.9 Å². The second-order valence-corrected chi connectivity index (χ2v) is 9.56. The van der Waals surface area contributed by atoms with Crippen LogP contribution in [0.25, 0.3) is 11.4 Å². The highest BCUT2D eigenvalue weighted by atomic mass is 35.5. The van der Waals surface area contributed by atoms with Crippen molar-refractivity contribution in [1.82, 2.24) is 20.0 Å². The maximum absolute atomic E-state index is 15.0. The lowest BCUT2D eigenvalue weighted by atomic mass is 9.78. The maximum atomic E-state index is 15.0. The van der Waals surface area contributed by atoms with E-state index in [-0.39, 0.29) is 22.9 Å². The number of halogens is 2. The molecule has 0 radical (unpaired) electrons. The number of rotatable bonds is 7. The lowest BCUT2D eigenvalue weighted by molar-refractivity contribution is -0.151. The van der Waals surface area contributed by atoms with Gasteiger partial charge in [0.05, 0.1) is 30.3 Å². The molecular weight excluding hydrogens is 531 g/mol. The van der Waals surface area contributed by atoms with E-state index in [0.29, 0.717) is 23.4 Å². The molecule has 0 spiro atoms. The number of hydrogen-bond donors (Lipinski definition) is 2. The zero-order valence-electron chi connectivity index (χ0n) is 21.6. The van der Waals surface area contributed by atoms with Crippen molar-refractivity contribution < 1.29 is 28.2 Å². The number of amides is 2. The van der Waals surface area contributed by atoms with Crippen LogP contribution < -0.4 is 10.6 Å². The fourth-order valence-electron chi connectivity index (χ4n) is 4.59. The van der Waals surface area contributed by atoms with Gasteiger partial charge in [-0.2, -0.15) is 4.39 Å². The maximum Gasteiger partial charge on any atom is 0.413 e. The van der Waals surface area contributed by atoms with Gasteiger partial charge in [0.25, 0.3) is 0 Å². The summed E-state index contributed by atoms with van der Waals surface area (Å²) < 4.78 is 26.5. The van der Waals surface area contributed by atoms with E-state index in [2.05, 4.69) is 25.9 Å². The molecule has 2 amide bonds. The summed E-state index contributed by atoms with van der Waals surface area (Å²) in [6, 6.07) is 9.75. The summed E-state index contributed by atoms with van der Waals surface area (Å²) in [5, 5.41) is 13.4. The molecule has 11 nitrogen and oxygen atoms in total. The molecule has 0 unspecified atom stereocenters. The Bertz CT molecular complexity index is 1380. The number of pyridine rings is 1. The number of methoxy groups -OCH3 is 1. The smallest absolute Gasteiger partial charge is 0.413 e. The molecular formula is C26H28ClFN6O5. The van der Waals surface area contributed by atoms with E-state index in [9.17, 15) is 18.8 Å². The first-order valence-electron chi connectivity index (χ1n) is 12.4. The van der Waals surface area contributed by atoms with Gasteiger partial charge in [0, 0.05) is 17.6 Å². The predicted octanol–water partition coefficient (Wildman–Crippen LogP) is 4.90. The summed E-state index contributed by atoms with van der Waals surface area (Å²) >= 11 is 6.18. The molecule has 1 aliphatic carbocycles. The topological polar surface area (TPSA) is 137 Å². The van der Waals surface area contributed by atoms with Gasteiger partial charge in [-0.25, -0.2) is 14.5 Å². The molecule has 3 atom stereocenters. The lowest BCUT2D eigenvalue weighted by Gasteiger charge is -2.28. The number of benzene rings is 1. The molecule has 1 fully saturated rings. The standard InChI is InChI=1S/C26H28ClFN6O5/c1-14(15-8-6-7-11-18(15)27)39-26(37)31-23-21(32-33-34(23)2)19-12-13-20(22(28)29-19)30-24(35)16-9-4-5-10-17(16)25(36)38-3/h6-8,11-14,16-17H,4-5,9-10H2,1-3H3,(H,30,35)(H,31,37)/t14-,16+,17+/m1/s1. The van der Waals surface area contributed by atoms with Crippen molar-refractivity contribution in [3.63, 3.8) is 0 Å². The lowest BCUT2D eigenvalue weighted by Crippen LogP contribution is -2.36. The molecule has 0 aliphatic heterocycles. The highest BCUT2D eigenvalue weighted by Crippen LogP contribution is 2.33. The fourth-order valence-corrected chi connectivity index (χ4v) is 4.88. The molecule has 0 bridgehead atoms. The van der Waals surface area contributed by atoms with E-state index in [1.807, 2.05) is 0 Å². The van der Waals surface area contributed by atoms with Crippen LogP contribution in [0.2, 0.25) is 5.02 Å². The van der Waals surface area contributed by atoms with Crippen molar-refractivity contribution in [3.8, 4) is 11.4 Å². The molecule has 1 aliphatic rings. The highest BCUT2D eigenvalue weighted by molar-refractivity contribution is 6.31. The minimum Gasteiger partial charge on any atom is -0.469 e. The summed E-state index contributed by atoms with van der Waals surface area (Å²) in [5.74, 6) is -2.97. The van der Waals surface area contributed by atoms with Crippen LogP contribution in [0.1, 0.15) is 44.3 Å². The third-order valence-electron chi connectivity index (χ3n) is 6.63. The molecule has 2 aromatic heterocycles. The summed E-state index contributed by atoms with van der Waals surface area (Å²) in [5.41, 5.74) is 0.641. The minimum atomic E-state index is -0.960. The summed E-state index contributed by atoms with van der Waals surface area (Å²) in [6.07, 6.45) is 1.18. The van der Waals surface area contributed by atoms with Crippen molar-refractivity contribution in [1.29, 1.82) is 0 Å². The molecule has 2 heterocycles. The van der Waals surface area contributed by atoms with Crippen molar-refractivity contribution in [2.75, 3.05) is 17.7 Å². The fraction of sp³-hybridized carbons (Fsp3) is 0.385. The van der Waals surface area contributed by atoms with E-state index in [0.717, 1.165) is 12.8 Å². The Morgan fingerprint density at radius 1 is 1.10 bits per heavy atom. The van der Waals surface area contributed by atoms with Crippen LogP contribution >= 0.6 is 11.6 Å². The van der Waals surface area contributed by atoms with E-state index in [1.54, 1.807) is 31.2 Å². The van der Waals surface area contributed by atoms with Crippen LogP contribution in [-0.2, 0) is 26.1 Å². The van der Waals surface area contributed by atoms with Gasteiger partial charge in [-0.05, 0) is 38.0 Å². The molecule has 13 heteroatoms. The van der Waals surface area contributed by atoms with Gasteiger partial charge in [-0.1, -0.05) is 47.9 Å². The Hall–Kier alpha value is -4.06. The van der Waals surface area contributed by atoms with Gasteiger partial charge in [-0.3, -0.25) is 14.9 Å². The van der Waals surface area contributed by atoms with Gasteiger partial charge in [0.15, 0.2) is 11.5 Å². The van der Waals surface area contributed by atoms with Crippen molar-refractivity contribution in [2.45, 2.75) is 38.7 Å². The molecule has 2 N–H and O–H groups in total. The molecule has 39 heavy (non-hydrogen) atoms. The SMILES string of the molecule is COC(=O)[C@H]1CCCC[C@@H]1C(=O)Nc1ccc(-c2nnn(C)c2NC(=O)O[C@H](C)c2ccccc2Cl)nc1F. The third-order valence-corrected chi connectivity index (χ3v) is 6.97. The number of aromatic nitrogens is 4. The van der Waals surface area contributed by atoms with E-state index >= 15 is 0 Å². The van der Waals surface area contributed by atoms with Crippen molar-refractivity contribution in [3.05, 3.63) is 52.9 Å². The molecule has 1 aromatic carbocycles. The average Bonchev–Trinajstić information content (AvgIpc) is 3.28. The van der Waals surface area contributed by atoms with Gasteiger partial charge >= 0.3 is 12.1 Å². The Kier molecular flexibility index (Phi) is 8.75. The number of nitrogens with one attached hydrogen (secondary N) is 2. The minimum absolute atomic E-state index is 0.0677. The number of nitrogens with zero attached hydrogens (tertiary/aromatic N) is 4. The van der Waals surface area contributed by atoms with Gasteiger partial charge in [-0.15, -0.1) is 5.10 Å². The molecule has 1 saturated carbocycles. The number of aryl methyl sites for hydroxylation is 1. The first-order chi connectivity index (χ1) is 18.7. The molecule has 3 aromatic rings. The van der Waals surface area contributed by atoms with Crippen LogP contribution in [-0.4, -0.2) is 45.1 Å². The number of ether oxygens (including phenoxy) is 2. The first kappa shape index (κ1) is 28.0. The van der Waals surface area contributed by atoms with Crippen molar-refractivity contribution in [2.24, 2.45) is 18.9 Å². The zero-order chi connectivity index (χ0) is 28.1. The van der Waals surface area contributed by atoms with Crippen LogP contribution in [0.3, 0.4) is 0 Å². The molecule has 0 saturated heterocycles. The summed E-state index contributed by atoms with van der Waals surface area (Å²) in [4.78, 5) is 41.5. The van der Waals surface area contributed by atoms with Crippen LogP contribution in [0.5, 0.6) is 0 Å². The highest BCUT2D eigenvalue weighted by Gasteiger charge is 2.36. The summed E-state index contributed by atoms with van der Waals surface area (Å²) in [7, 11) is 2.82. The normalized spacial score (nSPS) is 17.7. The van der Waals surface area contributed by atoms with Gasteiger partial charge in [0.1, 0.15) is 6.10 Å². The Labute approximate surface area is 229 Å². The Balaban J connectivity index is 1.47. The number of carbonyl (C=O) groups is 3.